The second kappa shape index (κ2) is 17.8. The summed E-state index contributed by atoms with van der Waals surface area (Å²) in [5.74, 6) is 0. The summed E-state index contributed by atoms with van der Waals surface area (Å²) in [6, 6.07) is 11.0. The van der Waals surface area contributed by atoms with Gasteiger partial charge in [0.15, 0.2) is 6.04 Å². The Kier molecular flexibility index (Phi) is 15.6. The second-order valence-electron chi connectivity index (χ2n) is 9.72. The summed E-state index contributed by atoms with van der Waals surface area (Å²) in [6.07, 6.45) is 22.6. The molecule has 0 bridgehead atoms. The molecule has 0 fully saturated rings. The number of imidazole rings is 1. The molecule has 0 aliphatic carbocycles. The van der Waals surface area contributed by atoms with Gasteiger partial charge in [-0.2, -0.15) is 0 Å². The van der Waals surface area contributed by atoms with Crippen LogP contribution in [0.25, 0.3) is 0 Å². The van der Waals surface area contributed by atoms with Gasteiger partial charge in [0.05, 0.1) is 6.54 Å². The summed E-state index contributed by atoms with van der Waals surface area (Å²) in [4.78, 5) is 0. The van der Waals surface area contributed by atoms with E-state index in [-0.39, 0.29) is 23.0 Å². The minimum Gasteiger partial charge on any atom is -1.00 e. The molecule has 0 saturated carbocycles. The van der Waals surface area contributed by atoms with Gasteiger partial charge in [-0.25, -0.2) is 9.13 Å². The Bertz CT molecular complexity index is 1020. The molecule has 3 aromatic rings. The Morgan fingerprint density at radius 2 is 1.14 bits per heavy atom. The largest absolute Gasteiger partial charge is 1.00 e. The molecule has 2 nitrogen and oxygen atoms in total. The molecule has 0 amide bonds. The number of aryl methyl sites for hydroxylation is 1. The van der Waals surface area contributed by atoms with E-state index in [0.717, 1.165) is 17.7 Å². The molecule has 7 heteroatoms. The van der Waals surface area contributed by atoms with Crippen molar-refractivity contribution in [1.82, 2.24) is 4.57 Å². The van der Waals surface area contributed by atoms with Gasteiger partial charge in [-0.15, -0.1) is 0 Å². The number of rotatable bonds is 16. The van der Waals surface area contributed by atoms with E-state index < -0.39 is 0 Å². The van der Waals surface area contributed by atoms with E-state index >= 15 is 0 Å². The molecule has 0 atom stereocenters. The highest BCUT2D eigenvalue weighted by atomic mass is 79.9. The summed E-state index contributed by atoms with van der Waals surface area (Å²) in [7, 11) is 0. The zero-order valence-electron chi connectivity index (χ0n) is 21.8. The maximum atomic E-state index is 6.63. The molecule has 0 spiro atoms. The van der Waals surface area contributed by atoms with E-state index in [1.807, 2.05) is 24.3 Å². The molecular weight excluding hydrogens is 610 g/mol. The SMILES string of the molecule is CCCCCCCCCCCCCC[n+]1ccn(C(c2ccc(Cl)cc2Cl)c2ccc(Cl)cc2Cl)c1.[Br-]. The summed E-state index contributed by atoms with van der Waals surface area (Å²) >= 11 is 25.6. The van der Waals surface area contributed by atoms with Gasteiger partial charge in [0, 0.05) is 31.2 Å². The number of halogens is 5. The van der Waals surface area contributed by atoms with Crippen LogP contribution in [-0.4, -0.2) is 4.57 Å². The second-order valence-corrected chi connectivity index (χ2v) is 11.4. The molecule has 1 heterocycles. The molecule has 0 saturated heterocycles. The van der Waals surface area contributed by atoms with E-state index in [4.69, 9.17) is 46.4 Å². The number of benzene rings is 2. The predicted octanol–water partition coefficient (Wildman–Crippen LogP) is 7.73. The normalized spacial score (nSPS) is 11.2. The molecule has 0 aliphatic heterocycles. The van der Waals surface area contributed by atoms with Gasteiger partial charge in [0.1, 0.15) is 12.4 Å². The lowest BCUT2D eigenvalue weighted by atomic mass is 9.98. The van der Waals surface area contributed by atoms with Gasteiger partial charge in [-0.05, 0) is 37.1 Å². The topological polar surface area (TPSA) is 8.81 Å². The fourth-order valence-electron chi connectivity index (χ4n) is 4.77. The third kappa shape index (κ3) is 10.8. The molecule has 3 rings (SSSR count). The highest BCUT2D eigenvalue weighted by molar-refractivity contribution is 6.36. The Hall–Kier alpha value is -0.710. The van der Waals surface area contributed by atoms with Crippen molar-refractivity contribution in [3.05, 3.63) is 86.3 Å². The Labute approximate surface area is 254 Å². The van der Waals surface area contributed by atoms with Crippen molar-refractivity contribution in [3.63, 3.8) is 0 Å². The highest BCUT2D eigenvalue weighted by Crippen LogP contribution is 2.37. The maximum absolute atomic E-state index is 6.63. The van der Waals surface area contributed by atoms with Crippen molar-refractivity contribution < 1.29 is 21.5 Å². The summed E-state index contributed by atoms with van der Waals surface area (Å²) in [5.41, 5.74) is 1.89. The van der Waals surface area contributed by atoms with Crippen molar-refractivity contribution >= 4 is 46.4 Å². The van der Waals surface area contributed by atoms with Crippen LogP contribution in [0.4, 0.5) is 0 Å². The fourth-order valence-corrected chi connectivity index (χ4v) is 5.79. The Morgan fingerprint density at radius 1 is 0.676 bits per heavy atom. The lowest BCUT2D eigenvalue weighted by molar-refractivity contribution is -0.697. The van der Waals surface area contributed by atoms with Crippen molar-refractivity contribution in [2.45, 2.75) is 96.6 Å². The standard InChI is InChI=1S/C30H39Cl4N2.BrH/c1-2-3-4-5-6-7-8-9-10-11-12-13-18-35-19-20-36(23-35)30(26-16-14-24(31)21-28(26)33)27-17-15-25(32)22-29(27)34;/h14-17,19-23,30H,2-13,18H2,1H3;1H/q+1;/p-1. The van der Waals surface area contributed by atoms with Gasteiger partial charge in [0.2, 0.25) is 6.33 Å². The van der Waals surface area contributed by atoms with E-state index in [0.29, 0.717) is 20.1 Å². The van der Waals surface area contributed by atoms with Crippen molar-refractivity contribution in [1.29, 1.82) is 0 Å². The van der Waals surface area contributed by atoms with Crippen LogP contribution in [0, 0.1) is 0 Å². The van der Waals surface area contributed by atoms with Gasteiger partial charge >= 0.3 is 0 Å². The quantitative estimate of drug-likeness (QED) is 0.111. The number of hydrogen-bond acceptors (Lipinski definition) is 0. The predicted molar refractivity (Wildman–Crippen MR) is 156 cm³/mol. The van der Waals surface area contributed by atoms with Crippen LogP contribution in [0.2, 0.25) is 20.1 Å². The molecule has 0 N–H and O–H groups in total. The van der Waals surface area contributed by atoms with Crippen molar-refractivity contribution in [2.75, 3.05) is 0 Å². The average Bonchev–Trinajstić information content (AvgIpc) is 3.31. The Balaban J connectivity index is 0.00000481. The zero-order chi connectivity index (χ0) is 25.8. The first-order valence-electron chi connectivity index (χ1n) is 13.5. The van der Waals surface area contributed by atoms with Crippen LogP contribution in [0.3, 0.4) is 0 Å². The first kappa shape index (κ1) is 32.5. The van der Waals surface area contributed by atoms with E-state index in [1.165, 1.54) is 77.0 Å². The van der Waals surface area contributed by atoms with Gasteiger partial charge in [-0.3, -0.25) is 0 Å². The van der Waals surface area contributed by atoms with Crippen LogP contribution in [0.1, 0.15) is 101 Å². The molecular formula is C30H39BrCl4N2. The van der Waals surface area contributed by atoms with Crippen molar-refractivity contribution in [2.24, 2.45) is 0 Å². The number of aromatic nitrogens is 2. The molecule has 37 heavy (non-hydrogen) atoms. The van der Waals surface area contributed by atoms with Crippen LogP contribution >= 0.6 is 46.4 Å². The van der Waals surface area contributed by atoms with Gasteiger partial charge in [-0.1, -0.05) is 130 Å². The molecule has 2 aromatic carbocycles. The van der Waals surface area contributed by atoms with Crippen molar-refractivity contribution in [3.8, 4) is 0 Å². The summed E-state index contributed by atoms with van der Waals surface area (Å²) in [6.45, 7) is 3.28. The zero-order valence-corrected chi connectivity index (χ0v) is 26.4. The third-order valence-corrected chi connectivity index (χ3v) is 7.92. The molecule has 0 aliphatic rings. The minimum atomic E-state index is -0.178. The summed E-state index contributed by atoms with van der Waals surface area (Å²) < 4.78 is 4.40. The summed E-state index contributed by atoms with van der Waals surface area (Å²) in [5, 5.41) is 2.44. The number of nitrogens with zero attached hydrogens (tertiary/aromatic N) is 2. The van der Waals surface area contributed by atoms with Crippen LogP contribution in [0.15, 0.2) is 55.1 Å². The smallest absolute Gasteiger partial charge is 0.244 e. The van der Waals surface area contributed by atoms with E-state index in [9.17, 15) is 0 Å². The van der Waals surface area contributed by atoms with Gasteiger partial charge in [0.25, 0.3) is 0 Å². The van der Waals surface area contributed by atoms with Gasteiger partial charge < -0.3 is 17.0 Å². The van der Waals surface area contributed by atoms with E-state index in [2.05, 4.69) is 34.8 Å². The Morgan fingerprint density at radius 3 is 1.59 bits per heavy atom. The first-order valence-corrected chi connectivity index (χ1v) is 15.0. The molecule has 204 valence electrons. The average molecular weight is 649 g/mol. The highest BCUT2D eigenvalue weighted by Gasteiger charge is 2.26. The van der Waals surface area contributed by atoms with Crippen LogP contribution < -0.4 is 21.5 Å². The molecule has 1 aromatic heterocycles. The minimum absolute atomic E-state index is 0. The third-order valence-electron chi connectivity index (χ3n) is 6.79. The van der Waals surface area contributed by atoms with Crippen LogP contribution in [-0.2, 0) is 6.54 Å². The lowest BCUT2D eigenvalue weighted by Crippen LogP contribution is -3.00. The fraction of sp³-hybridized carbons (Fsp3) is 0.500. The number of hydrogen-bond donors (Lipinski definition) is 0. The molecule has 0 radical (unpaired) electrons. The number of unbranched alkanes of at least 4 members (excludes halogenated alkanes) is 11. The molecule has 0 unspecified atom stereocenters. The van der Waals surface area contributed by atoms with E-state index in [1.54, 1.807) is 12.1 Å². The monoisotopic (exact) mass is 646 g/mol. The maximum Gasteiger partial charge on any atom is 0.244 e. The lowest BCUT2D eigenvalue weighted by Gasteiger charge is -2.18. The van der Waals surface area contributed by atoms with Crippen LogP contribution in [0.5, 0.6) is 0 Å². The first-order chi connectivity index (χ1) is 17.5.